The lowest BCUT2D eigenvalue weighted by Gasteiger charge is -2.26. The minimum Gasteiger partial charge on any atom is -0.474 e. The van der Waals surface area contributed by atoms with E-state index in [4.69, 9.17) is 33.0 Å². The smallest absolute Gasteiger partial charge is 0.248 e. The number of nitrogens with one attached hydrogen (secondary N) is 1. The van der Waals surface area contributed by atoms with E-state index >= 15 is 0 Å². The van der Waals surface area contributed by atoms with Crippen LogP contribution in [0.2, 0.25) is 10.2 Å². The third-order valence-corrected chi connectivity index (χ3v) is 5.02. The summed E-state index contributed by atoms with van der Waals surface area (Å²) in [4.78, 5) is 21.0. The van der Waals surface area contributed by atoms with Gasteiger partial charge < -0.3 is 19.7 Å². The molecule has 122 valence electrons. The normalized spacial score (nSPS) is 17.4. The molecule has 2 aliphatic rings. The number of rotatable bonds is 3. The predicted molar refractivity (Wildman–Crippen MR) is 86.0 cm³/mol. The van der Waals surface area contributed by atoms with Crippen molar-refractivity contribution in [2.24, 2.45) is 0 Å². The number of ether oxygens (including phenoxy) is 1. The van der Waals surface area contributed by atoms with Crippen molar-refractivity contribution in [3.05, 3.63) is 21.4 Å². The van der Waals surface area contributed by atoms with Gasteiger partial charge in [-0.1, -0.05) is 23.2 Å². The number of hydrogen-bond acceptors (Lipinski definition) is 4. The first-order valence-electron chi connectivity index (χ1n) is 7.52. The fourth-order valence-electron chi connectivity index (χ4n) is 2.93. The molecule has 4 rings (SSSR count). The highest BCUT2D eigenvalue weighted by Gasteiger charge is 2.30. The summed E-state index contributed by atoms with van der Waals surface area (Å²) in [5.41, 5.74) is 2.65. The van der Waals surface area contributed by atoms with Crippen LogP contribution in [0.3, 0.4) is 0 Å². The van der Waals surface area contributed by atoms with Crippen molar-refractivity contribution in [2.45, 2.75) is 31.9 Å². The summed E-state index contributed by atoms with van der Waals surface area (Å²) in [7, 11) is 0. The van der Waals surface area contributed by atoms with Gasteiger partial charge in [0.05, 0.1) is 10.9 Å². The van der Waals surface area contributed by atoms with E-state index in [0.717, 1.165) is 29.5 Å². The average Bonchev–Trinajstić information content (AvgIpc) is 3.28. The summed E-state index contributed by atoms with van der Waals surface area (Å²) < 4.78 is 5.89. The van der Waals surface area contributed by atoms with Gasteiger partial charge in [0.25, 0.3) is 0 Å². The minimum absolute atomic E-state index is 0.173. The van der Waals surface area contributed by atoms with Crippen LogP contribution >= 0.6 is 23.2 Å². The lowest BCUT2D eigenvalue weighted by atomic mass is 10.1. The molecule has 0 radical (unpaired) electrons. The fourth-order valence-corrected chi connectivity index (χ4v) is 3.29. The number of aliphatic hydroxyl groups is 1. The molecule has 1 amide bonds. The van der Waals surface area contributed by atoms with Crippen molar-refractivity contribution in [2.75, 3.05) is 13.2 Å². The number of nitrogens with zero attached hydrogens (tertiary/aromatic N) is 2. The average molecular weight is 356 g/mol. The van der Waals surface area contributed by atoms with Crippen molar-refractivity contribution in [1.82, 2.24) is 14.9 Å². The van der Waals surface area contributed by atoms with Crippen LogP contribution in [0.25, 0.3) is 10.9 Å². The van der Waals surface area contributed by atoms with Gasteiger partial charge in [-0.05, 0) is 12.8 Å². The third-order valence-electron chi connectivity index (χ3n) is 4.28. The van der Waals surface area contributed by atoms with Crippen LogP contribution < -0.4 is 4.74 Å². The molecule has 0 atom stereocenters. The van der Waals surface area contributed by atoms with Gasteiger partial charge in [0.15, 0.2) is 5.15 Å². The van der Waals surface area contributed by atoms with Crippen LogP contribution in [0.5, 0.6) is 5.88 Å². The molecule has 0 aromatic carbocycles. The maximum atomic E-state index is 11.8. The van der Waals surface area contributed by atoms with Crippen molar-refractivity contribution in [3.8, 4) is 5.88 Å². The molecule has 2 N–H and O–H groups in total. The van der Waals surface area contributed by atoms with E-state index in [-0.39, 0.29) is 17.2 Å². The first kappa shape index (κ1) is 15.1. The number of carbonyl (C=O) groups is 1. The van der Waals surface area contributed by atoms with Gasteiger partial charge in [0, 0.05) is 30.8 Å². The summed E-state index contributed by atoms with van der Waals surface area (Å²) >= 11 is 12.4. The molecule has 0 saturated heterocycles. The van der Waals surface area contributed by atoms with E-state index in [9.17, 15) is 4.79 Å². The van der Waals surface area contributed by atoms with Gasteiger partial charge in [0.1, 0.15) is 17.7 Å². The van der Waals surface area contributed by atoms with Gasteiger partial charge >= 0.3 is 0 Å². The SMILES string of the molecule is O=C(CO)N1CCc2[nH]c3c(Cl)c(Cl)nc(OC4CC4)c3c2C1. The Bertz CT molecular complexity index is 801. The number of aromatic nitrogens is 2. The second kappa shape index (κ2) is 5.54. The maximum Gasteiger partial charge on any atom is 0.248 e. The van der Waals surface area contributed by atoms with Crippen molar-refractivity contribution >= 4 is 40.0 Å². The van der Waals surface area contributed by atoms with Gasteiger partial charge in [-0.3, -0.25) is 4.79 Å². The van der Waals surface area contributed by atoms with Crippen LogP contribution in [-0.4, -0.2) is 45.1 Å². The van der Waals surface area contributed by atoms with Crippen LogP contribution in [0.1, 0.15) is 24.1 Å². The van der Waals surface area contributed by atoms with E-state index in [0.29, 0.717) is 35.9 Å². The Labute approximate surface area is 142 Å². The van der Waals surface area contributed by atoms with Crippen LogP contribution in [0.4, 0.5) is 0 Å². The van der Waals surface area contributed by atoms with Gasteiger partial charge in [-0.2, -0.15) is 4.98 Å². The molecule has 2 aromatic heterocycles. The molecule has 0 unspecified atom stereocenters. The summed E-state index contributed by atoms with van der Waals surface area (Å²) in [6.07, 6.45) is 2.84. The zero-order valence-corrected chi connectivity index (χ0v) is 13.7. The summed E-state index contributed by atoms with van der Waals surface area (Å²) in [5, 5.41) is 10.4. The van der Waals surface area contributed by atoms with E-state index in [1.54, 1.807) is 4.90 Å². The molecule has 1 fully saturated rings. The number of carbonyl (C=O) groups excluding carboxylic acids is 1. The molecule has 2 aromatic rings. The largest absolute Gasteiger partial charge is 0.474 e. The molecule has 0 bridgehead atoms. The Balaban J connectivity index is 1.85. The van der Waals surface area contributed by atoms with Gasteiger partial charge in [0.2, 0.25) is 11.8 Å². The zero-order chi connectivity index (χ0) is 16.1. The molecule has 8 heteroatoms. The molecule has 6 nitrogen and oxygen atoms in total. The van der Waals surface area contributed by atoms with Crippen LogP contribution in [0, 0.1) is 0 Å². The first-order valence-corrected chi connectivity index (χ1v) is 8.27. The third kappa shape index (κ3) is 2.55. The Morgan fingerprint density at radius 2 is 2.22 bits per heavy atom. The van der Waals surface area contributed by atoms with Gasteiger partial charge in [-0.25, -0.2) is 0 Å². The summed E-state index contributed by atoms with van der Waals surface area (Å²) in [6.45, 7) is 0.458. The van der Waals surface area contributed by atoms with Crippen molar-refractivity contribution in [1.29, 1.82) is 0 Å². The topological polar surface area (TPSA) is 78.5 Å². The molecule has 1 saturated carbocycles. The van der Waals surface area contributed by atoms with E-state index in [1.165, 1.54) is 0 Å². The minimum atomic E-state index is -0.492. The standard InChI is InChI=1S/C15H15Cl2N3O3/c16-12-13-11(15(19-14(12)17)23-7-1-2-7)8-5-20(10(22)6-21)4-3-9(8)18-13/h7,18,21H,1-6H2. The predicted octanol–water partition coefficient (Wildman–Crippen LogP) is 2.29. The Morgan fingerprint density at radius 3 is 2.91 bits per heavy atom. The summed E-state index contributed by atoms with van der Waals surface area (Å²) in [5.74, 6) is 0.176. The Kier molecular flexibility index (Phi) is 3.63. The fraction of sp³-hybridized carbons (Fsp3) is 0.467. The number of aromatic amines is 1. The number of halogens is 2. The molecule has 0 spiro atoms. The van der Waals surface area contributed by atoms with E-state index < -0.39 is 6.61 Å². The van der Waals surface area contributed by atoms with Crippen LogP contribution in [0.15, 0.2) is 0 Å². The highest BCUT2D eigenvalue weighted by atomic mass is 35.5. The molecular formula is C15H15Cl2N3O3. The Hall–Kier alpha value is -1.50. The van der Waals surface area contributed by atoms with E-state index in [1.807, 2.05) is 0 Å². The molecule has 1 aliphatic carbocycles. The number of aliphatic hydroxyl groups excluding tert-OH is 1. The monoisotopic (exact) mass is 355 g/mol. The second-order valence-electron chi connectivity index (χ2n) is 5.89. The first-order chi connectivity index (χ1) is 11.1. The van der Waals surface area contributed by atoms with Crippen molar-refractivity contribution < 1.29 is 14.6 Å². The second-order valence-corrected chi connectivity index (χ2v) is 6.63. The van der Waals surface area contributed by atoms with Crippen molar-refractivity contribution in [3.63, 3.8) is 0 Å². The molecule has 1 aliphatic heterocycles. The number of fused-ring (bicyclic) bond motifs is 3. The number of amides is 1. The summed E-state index contributed by atoms with van der Waals surface area (Å²) in [6, 6.07) is 0. The van der Waals surface area contributed by atoms with Crippen LogP contribution in [-0.2, 0) is 17.8 Å². The lowest BCUT2D eigenvalue weighted by molar-refractivity contribution is -0.135. The number of hydrogen-bond donors (Lipinski definition) is 2. The Morgan fingerprint density at radius 1 is 1.43 bits per heavy atom. The lowest BCUT2D eigenvalue weighted by Crippen LogP contribution is -2.37. The molecular weight excluding hydrogens is 341 g/mol. The highest BCUT2D eigenvalue weighted by Crippen LogP contribution is 2.41. The van der Waals surface area contributed by atoms with E-state index in [2.05, 4.69) is 9.97 Å². The number of pyridine rings is 1. The quantitative estimate of drug-likeness (QED) is 0.828. The van der Waals surface area contributed by atoms with Gasteiger partial charge in [-0.15, -0.1) is 0 Å². The highest BCUT2D eigenvalue weighted by molar-refractivity contribution is 6.44. The molecule has 3 heterocycles. The number of H-pyrrole nitrogens is 1. The maximum absolute atomic E-state index is 11.8. The molecule has 23 heavy (non-hydrogen) atoms. The zero-order valence-electron chi connectivity index (χ0n) is 12.2.